The van der Waals surface area contributed by atoms with Gasteiger partial charge in [-0.2, -0.15) is 0 Å². The van der Waals surface area contributed by atoms with E-state index in [1.165, 1.54) is 17.0 Å². The fourth-order valence-electron chi connectivity index (χ4n) is 4.21. The predicted octanol–water partition coefficient (Wildman–Crippen LogP) is 5.79. The monoisotopic (exact) mass is 583 g/mol. The first kappa shape index (κ1) is 31.2. The van der Waals surface area contributed by atoms with Crippen LogP contribution < -0.4 is 9.62 Å². The first-order valence-electron chi connectivity index (χ1n) is 13.1. The highest BCUT2D eigenvalue weighted by Crippen LogP contribution is 2.29. The Bertz CT molecular complexity index is 1480. The molecule has 0 saturated carbocycles. The lowest BCUT2D eigenvalue weighted by molar-refractivity contribution is -0.140. The topological polar surface area (TPSA) is 86.8 Å². The first-order chi connectivity index (χ1) is 18.6. The summed E-state index contributed by atoms with van der Waals surface area (Å²) in [5, 5.41) is 3.37. The number of nitrogens with one attached hydrogen (secondary N) is 1. The Morgan fingerprint density at radius 3 is 2.12 bits per heavy atom. The smallest absolute Gasteiger partial charge is 0.264 e. The Morgan fingerprint density at radius 1 is 0.925 bits per heavy atom. The van der Waals surface area contributed by atoms with Crippen molar-refractivity contribution in [3.8, 4) is 0 Å². The first-order valence-corrected chi connectivity index (χ1v) is 14.9. The van der Waals surface area contributed by atoms with Gasteiger partial charge in [0.05, 0.1) is 10.6 Å². The van der Waals surface area contributed by atoms with Gasteiger partial charge in [-0.1, -0.05) is 59.6 Å². The molecule has 40 heavy (non-hydrogen) atoms. The normalized spacial score (nSPS) is 12.5. The van der Waals surface area contributed by atoms with E-state index >= 15 is 0 Å². The highest BCUT2D eigenvalue weighted by molar-refractivity contribution is 7.92. The Labute approximate surface area is 243 Å². The molecule has 0 saturated heterocycles. The molecule has 1 N–H and O–H groups in total. The summed E-state index contributed by atoms with van der Waals surface area (Å²) in [5.74, 6) is -0.888. The molecule has 0 bridgehead atoms. The lowest BCUT2D eigenvalue weighted by Crippen LogP contribution is -2.54. The van der Waals surface area contributed by atoms with Crippen molar-refractivity contribution in [3.63, 3.8) is 0 Å². The lowest BCUT2D eigenvalue weighted by Gasteiger charge is -2.34. The van der Waals surface area contributed by atoms with E-state index in [1.807, 2.05) is 46.8 Å². The Morgan fingerprint density at radius 2 is 1.52 bits per heavy atom. The van der Waals surface area contributed by atoms with Gasteiger partial charge in [0.15, 0.2) is 0 Å². The van der Waals surface area contributed by atoms with Crippen LogP contribution in [0.2, 0.25) is 5.02 Å². The van der Waals surface area contributed by atoms with Crippen molar-refractivity contribution >= 4 is 39.1 Å². The standard InChI is InChI=1S/C31H38ClN3O4S/c1-21-13-16-26(17-14-21)40(38,39)35(28-18-22(2)12-15-23(28)3)20-29(36)34(19-25-10-8-9-11-27(25)32)24(4)30(37)33-31(5,6)7/h8-18,24H,19-20H2,1-7H3,(H,33,37). The summed E-state index contributed by atoms with van der Waals surface area (Å²) >= 11 is 6.42. The maximum absolute atomic E-state index is 14.1. The van der Waals surface area contributed by atoms with Gasteiger partial charge in [0, 0.05) is 17.1 Å². The van der Waals surface area contributed by atoms with E-state index in [-0.39, 0.29) is 17.3 Å². The van der Waals surface area contributed by atoms with E-state index in [0.717, 1.165) is 15.4 Å². The van der Waals surface area contributed by atoms with Gasteiger partial charge in [0.1, 0.15) is 12.6 Å². The fraction of sp³-hybridized carbons (Fsp3) is 0.355. The van der Waals surface area contributed by atoms with E-state index < -0.39 is 34.1 Å². The Kier molecular flexibility index (Phi) is 9.69. The summed E-state index contributed by atoms with van der Waals surface area (Å²) in [5.41, 5.74) is 2.99. The molecule has 3 aromatic rings. The van der Waals surface area contributed by atoms with Crippen LogP contribution in [0.4, 0.5) is 5.69 Å². The van der Waals surface area contributed by atoms with Crippen LogP contribution in [0.25, 0.3) is 0 Å². The van der Waals surface area contributed by atoms with Crippen molar-refractivity contribution in [1.82, 2.24) is 10.2 Å². The zero-order valence-corrected chi connectivity index (χ0v) is 25.7. The molecule has 7 nitrogen and oxygen atoms in total. The van der Waals surface area contributed by atoms with Crippen LogP contribution in [0, 0.1) is 20.8 Å². The third-order valence-electron chi connectivity index (χ3n) is 6.49. The Balaban J connectivity index is 2.09. The largest absolute Gasteiger partial charge is 0.350 e. The molecule has 9 heteroatoms. The summed E-state index contributed by atoms with van der Waals surface area (Å²) in [6.07, 6.45) is 0. The number of aryl methyl sites for hydroxylation is 3. The van der Waals surface area contributed by atoms with Crippen molar-refractivity contribution in [2.45, 2.75) is 71.5 Å². The second kappa shape index (κ2) is 12.4. The highest BCUT2D eigenvalue weighted by atomic mass is 35.5. The molecular formula is C31H38ClN3O4S. The molecule has 214 valence electrons. The summed E-state index contributed by atoms with van der Waals surface area (Å²) in [7, 11) is -4.14. The molecule has 3 rings (SSSR count). The van der Waals surface area contributed by atoms with Crippen LogP contribution in [0.3, 0.4) is 0 Å². The van der Waals surface area contributed by atoms with Gasteiger partial charge >= 0.3 is 0 Å². The predicted molar refractivity (Wildman–Crippen MR) is 161 cm³/mol. The second-order valence-electron chi connectivity index (χ2n) is 11.1. The molecule has 0 radical (unpaired) electrons. The maximum Gasteiger partial charge on any atom is 0.264 e. The van der Waals surface area contributed by atoms with Crippen LogP contribution in [0.1, 0.15) is 49.9 Å². The molecule has 0 heterocycles. The van der Waals surface area contributed by atoms with Crippen LogP contribution >= 0.6 is 11.6 Å². The third-order valence-corrected chi connectivity index (χ3v) is 8.63. The minimum absolute atomic E-state index is 0.0302. The van der Waals surface area contributed by atoms with Crippen molar-refractivity contribution in [3.05, 3.63) is 94.0 Å². The van der Waals surface area contributed by atoms with Crippen LogP contribution in [-0.4, -0.2) is 43.3 Å². The average molecular weight is 584 g/mol. The molecule has 0 aliphatic heterocycles. The van der Waals surface area contributed by atoms with Gasteiger partial charge in [-0.3, -0.25) is 13.9 Å². The molecule has 2 amide bonds. The molecule has 0 spiro atoms. The minimum atomic E-state index is -4.14. The number of carbonyl (C=O) groups excluding carboxylic acids is 2. The van der Waals surface area contributed by atoms with Crippen LogP contribution in [0.15, 0.2) is 71.6 Å². The number of rotatable bonds is 9. The quantitative estimate of drug-likeness (QED) is 0.345. The van der Waals surface area contributed by atoms with Gasteiger partial charge in [-0.15, -0.1) is 0 Å². The molecule has 0 fully saturated rings. The Hall–Kier alpha value is -3.36. The molecule has 0 aromatic heterocycles. The number of carbonyl (C=O) groups is 2. The number of anilines is 1. The summed E-state index contributed by atoms with van der Waals surface area (Å²) in [6, 6.07) is 18.2. The van der Waals surface area contributed by atoms with Gasteiger partial charge in [-0.05, 0) is 89.4 Å². The van der Waals surface area contributed by atoms with Crippen LogP contribution in [-0.2, 0) is 26.2 Å². The minimum Gasteiger partial charge on any atom is -0.350 e. The number of hydrogen-bond acceptors (Lipinski definition) is 4. The highest BCUT2D eigenvalue weighted by Gasteiger charge is 2.34. The number of hydrogen-bond donors (Lipinski definition) is 1. The van der Waals surface area contributed by atoms with Gasteiger partial charge < -0.3 is 10.2 Å². The number of benzene rings is 3. The molecule has 0 aliphatic rings. The van der Waals surface area contributed by atoms with E-state index in [2.05, 4.69) is 5.32 Å². The zero-order chi connectivity index (χ0) is 29.8. The van der Waals surface area contributed by atoms with Crippen molar-refractivity contribution in [1.29, 1.82) is 0 Å². The average Bonchev–Trinajstić information content (AvgIpc) is 2.87. The van der Waals surface area contributed by atoms with Gasteiger partial charge in [0.2, 0.25) is 11.8 Å². The third kappa shape index (κ3) is 7.64. The number of sulfonamides is 1. The van der Waals surface area contributed by atoms with E-state index in [0.29, 0.717) is 21.8 Å². The summed E-state index contributed by atoms with van der Waals surface area (Å²) < 4.78 is 29.2. The van der Waals surface area contributed by atoms with Crippen molar-refractivity contribution in [2.24, 2.45) is 0 Å². The fourth-order valence-corrected chi connectivity index (χ4v) is 5.87. The molecule has 3 aromatic carbocycles. The van der Waals surface area contributed by atoms with Gasteiger partial charge in [-0.25, -0.2) is 8.42 Å². The maximum atomic E-state index is 14.1. The number of halogens is 1. The number of nitrogens with zero attached hydrogens (tertiary/aromatic N) is 2. The summed E-state index contributed by atoms with van der Waals surface area (Å²) in [4.78, 5) is 28.7. The molecule has 0 aliphatic carbocycles. The molecule has 1 atom stereocenters. The second-order valence-corrected chi connectivity index (χ2v) is 13.4. The van der Waals surface area contributed by atoms with Crippen LogP contribution in [0.5, 0.6) is 0 Å². The lowest BCUT2D eigenvalue weighted by atomic mass is 10.1. The number of amides is 2. The van der Waals surface area contributed by atoms with E-state index in [9.17, 15) is 18.0 Å². The SMILES string of the molecule is Cc1ccc(S(=O)(=O)N(CC(=O)N(Cc2ccccc2Cl)C(C)C(=O)NC(C)(C)C)c2cc(C)ccc2C)cc1. The van der Waals surface area contributed by atoms with E-state index in [4.69, 9.17) is 11.6 Å². The molecular weight excluding hydrogens is 546 g/mol. The van der Waals surface area contributed by atoms with Crippen molar-refractivity contribution in [2.75, 3.05) is 10.8 Å². The zero-order valence-electron chi connectivity index (χ0n) is 24.2. The summed E-state index contributed by atoms with van der Waals surface area (Å²) in [6.45, 7) is 12.3. The molecule has 1 unspecified atom stereocenters. The van der Waals surface area contributed by atoms with E-state index in [1.54, 1.807) is 56.3 Å². The van der Waals surface area contributed by atoms with Gasteiger partial charge in [0.25, 0.3) is 10.0 Å². The van der Waals surface area contributed by atoms with Crippen molar-refractivity contribution < 1.29 is 18.0 Å².